The summed E-state index contributed by atoms with van der Waals surface area (Å²) in [5.41, 5.74) is 5.20. The summed E-state index contributed by atoms with van der Waals surface area (Å²) in [6.45, 7) is 1.81. The highest BCUT2D eigenvalue weighted by atomic mass is 16.5. The first-order chi connectivity index (χ1) is 24.0. The van der Waals surface area contributed by atoms with E-state index in [0.29, 0.717) is 67.0 Å². The van der Waals surface area contributed by atoms with E-state index >= 15 is 0 Å². The molecule has 0 radical (unpaired) electrons. The number of nitrogens with zero attached hydrogens (tertiary/aromatic N) is 6. The Hall–Kier alpha value is -6.58. The Morgan fingerprint density at radius 3 is 1.71 bits per heavy atom. The summed E-state index contributed by atoms with van der Waals surface area (Å²) in [5.74, 6) is 2.23. The van der Waals surface area contributed by atoms with Crippen LogP contribution in [0.2, 0.25) is 0 Å². The zero-order chi connectivity index (χ0) is 33.7. The molecule has 16 nitrogen and oxygen atoms in total. The first-order valence-electron chi connectivity index (χ1n) is 15.7. The van der Waals surface area contributed by atoms with Crippen molar-refractivity contribution in [2.45, 2.75) is 6.42 Å². The molecule has 0 aliphatic carbocycles. The lowest BCUT2D eigenvalue weighted by Crippen LogP contribution is -2.29. The molecule has 6 heterocycles. The second-order valence-corrected chi connectivity index (χ2v) is 11.0. The number of carbonyl (C=O) groups is 2. The van der Waals surface area contributed by atoms with Crippen molar-refractivity contribution in [3.05, 3.63) is 84.4 Å². The normalized spacial score (nSPS) is 14.2. The maximum Gasteiger partial charge on any atom is 0.271 e. The van der Waals surface area contributed by atoms with Crippen LogP contribution in [-0.4, -0.2) is 81.4 Å². The van der Waals surface area contributed by atoms with Crippen LogP contribution in [-0.2, 0) is 0 Å². The predicted molar refractivity (Wildman–Crippen MR) is 185 cm³/mol. The molecule has 0 fully saturated rings. The van der Waals surface area contributed by atoms with Crippen molar-refractivity contribution in [1.82, 2.24) is 39.8 Å². The Labute approximate surface area is 280 Å². The number of rotatable bonds is 2. The molecule has 6 N–H and O–H groups in total. The van der Waals surface area contributed by atoms with Gasteiger partial charge in [0.2, 0.25) is 0 Å². The van der Waals surface area contributed by atoms with E-state index in [-0.39, 0.29) is 11.8 Å². The lowest BCUT2D eigenvalue weighted by atomic mass is 10.3. The molecule has 6 aromatic rings. The third-order valence-electron chi connectivity index (χ3n) is 7.68. The van der Waals surface area contributed by atoms with E-state index < -0.39 is 0 Å². The standard InChI is InChI=1S/C17H18N6O2.C16H16N6O2/c1-18-13-9-15-21-11-4-2-5-12(8-11)25-7-3-6-19-17(24)14-10-20-16(13)23(14)22-15;1-17-12-8-14-20-10-3-2-4-11(7-10)24-6-5-18-16(23)13-9-19-15(12)22(13)21-14/h2,4-5,8-10,18H,3,6-7H2,1H3,(H,19,24)(H,21,22);2-4,7-9,17H,5-6H2,1H3,(H,18,23)(H,20,21). The van der Waals surface area contributed by atoms with E-state index in [2.05, 4.69) is 52.1 Å². The van der Waals surface area contributed by atoms with Gasteiger partial charge in [0.1, 0.15) is 18.1 Å². The smallest absolute Gasteiger partial charge is 0.271 e. The summed E-state index contributed by atoms with van der Waals surface area (Å²) in [6, 6.07) is 19.0. The van der Waals surface area contributed by atoms with E-state index in [0.717, 1.165) is 34.2 Å². The molecule has 0 saturated carbocycles. The number of carbonyl (C=O) groups excluding carboxylic acids is 2. The van der Waals surface area contributed by atoms with Crippen LogP contribution < -0.4 is 41.4 Å². The zero-order valence-corrected chi connectivity index (χ0v) is 26.8. The van der Waals surface area contributed by atoms with Crippen LogP contribution in [0.5, 0.6) is 11.5 Å². The highest BCUT2D eigenvalue weighted by Gasteiger charge is 2.18. The summed E-state index contributed by atoms with van der Waals surface area (Å²) in [4.78, 5) is 33.4. The van der Waals surface area contributed by atoms with Crippen molar-refractivity contribution in [3.8, 4) is 11.5 Å². The van der Waals surface area contributed by atoms with Crippen LogP contribution in [0, 0.1) is 0 Å². The highest BCUT2D eigenvalue weighted by Crippen LogP contribution is 2.26. The maximum atomic E-state index is 12.4. The summed E-state index contributed by atoms with van der Waals surface area (Å²) in [7, 11) is 3.61. The van der Waals surface area contributed by atoms with Gasteiger partial charge >= 0.3 is 0 Å². The third-order valence-corrected chi connectivity index (χ3v) is 7.68. The minimum Gasteiger partial charge on any atom is -0.493 e. The van der Waals surface area contributed by atoms with E-state index in [9.17, 15) is 9.59 Å². The maximum absolute atomic E-state index is 12.4. The van der Waals surface area contributed by atoms with Gasteiger partial charge in [-0.05, 0) is 30.7 Å². The van der Waals surface area contributed by atoms with Gasteiger partial charge in [-0.3, -0.25) is 9.59 Å². The third kappa shape index (κ3) is 6.64. The van der Waals surface area contributed by atoms with Crippen LogP contribution in [0.4, 0.5) is 34.4 Å². The second-order valence-electron chi connectivity index (χ2n) is 11.0. The van der Waals surface area contributed by atoms with Gasteiger partial charge in [0, 0.05) is 56.3 Å². The highest BCUT2D eigenvalue weighted by molar-refractivity contribution is 5.94. The first kappa shape index (κ1) is 31.0. The van der Waals surface area contributed by atoms with Gasteiger partial charge in [-0.1, -0.05) is 12.1 Å². The largest absolute Gasteiger partial charge is 0.493 e. The molecule has 2 aliphatic rings. The molecule has 49 heavy (non-hydrogen) atoms. The van der Waals surface area contributed by atoms with E-state index in [1.165, 1.54) is 16.9 Å². The lowest BCUT2D eigenvalue weighted by Gasteiger charge is -2.13. The average molecular weight is 663 g/mol. The summed E-state index contributed by atoms with van der Waals surface area (Å²) in [6.07, 6.45) is 3.76. The Bertz CT molecular complexity index is 2160. The van der Waals surface area contributed by atoms with Crippen LogP contribution in [0.3, 0.4) is 0 Å². The molecule has 0 spiro atoms. The van der Waals surface area contributed by atoms with Crippen molar-refractivity contribution in [3.63, 3.8) is 0 Å². The van der Waals surface area contributed by atoms with Crippen LogP contribution >= 0.6 is 0 Å². The Morgan fingerprint density at radius 1 is 0.673 bits per heavy atom. The summed E-state index contributed by atoms with van der Waals surface area (Å²) < 4.78 is 14.5. The number of nitrogens with one attached hydrogen (secondary N) is 6. The second kappa shape index (κ2) is 13.6. The van der Waals surface area contributed by atoms with Crippen molar-refractivity contribution < 1.29 is 19.1 Å². The minimum atomic E-state index is -0.247. The van der Waals surface area contributed by atoms with Crippen molar-refractivity contribution in [2.75, 3.05) is 61.7 Å². The minimum absolute atomic E-state index is 0.213. The molecule has 8 rings (SSSR count). The topological polar surface area (TPSA) is 185 Å². The number of aromatic nitrogens is 6. The Kier molecular flexibility index (Phi) is 8.64. The number of amides is 2. The number of hydrogen-bond acceptors (Lipinski definition) is 12. The van der Waals surface area contributed by atoms with Crippen LogP contribution in [0.1, 0.15) is 27.4 Å². The summed E-state index contributed by atoms with van der Waals surface area (Å²) >= 11 is 0. The van der Waals surface area contributed by atoms with Crippen LogP contribution in [0.25, 0.3) is 11.3 Å². The van der Waals surface area contributed by atoms with Gasteiger partial charge < -0.3 is 41.4 Å². The first-order valence-corrected chi connectivity index (χ1v) is 15.7. The molecule has 0 atom stereocenters. The zero-order valence-electron chi connectivity index (χ0n) is 26.8. The van der Waals surface area contributed by atoms with Gasteiger partial charge in [-0.25, -0.2) is 19.0 Å². The van der Waals surface area contributed by atoms with Gasteiger partial charge in [0.05, 0.1) is 36.9 Å². The number of imidazole rings is 2. The van der Waals surface area contributed by atoms with Gasteiger partial charge in [-0.15, -0.1) is 10.2 Å². The van der Waals surface area contributed by atoms with E-state index in [1.807, 2.05) is 60.7 Å². The van der Waals surface area contributed by atoms with E-state index in [4.69, 9.17) is 9.47 Å². The monoisotopic (exact) mass is 662 g/mol. The van der Waals surface area contributed by atoms with Crippen molar-refractivity contribution >= 4 is 57.5 Å². The number of hydrogen-bond donors (Lipinski definition) is 6. The summed E-state index contributed by atoms with van der Waals surface area (Å²) in [5, 5.41) is 27.4. The van der Waals surface area contributed by atoms with Gasteiger partial charge in [0.15, 0.2) is 34.3 Å². The fourth-order valence-electron chi connectivity index (χ4n) is 5.34. The van der Waals surface area contributed by atoms with E-state index in [1.54, 1.807) is 18.6 Å². The number of fused-ring (bicyclic) bond motifs is 6. The molecule has 0 unspecified atom stereocenters. The quantitative estimate of drug-likeness (QED) is 0.158. The SMILES string of the molecule is CNc1cc2nn3c(cnc13)C(=O)NCCCOc1cccc(c1)N2.CNc1cc2nn3c(cnc13)C(=O)NCCOc1cccc(c1)N2. The van der Waals surface area contributed by atoms with Crippen molar-refractivity contribution in [1.29, 1.82) is 0 Å². The molecule has 4 aromatic heterocycles. The molecule has 250 valence electrons. The Balaban J connectivity index is 0.000000154. The molecule has 2 amide bonds. The van der Waals surface area contributed by atoms with Gasteiger partial charge in [0.25, 0.3) is 11.8 Å². The molecule has 0 saturated heterocycles. The fraction of sp³-hybridized carbons (Fsp3) is 0.212. The van der Waals surface area contributed by atoms with Gasteiger partial charge in [-0.2, -0.15) is 0 Å². The van der Waals surface area contributed by atoms with Crippen LogP contribution in [0.15, 0.2) is 73.1 Å². The predicted octanol–water partition coefficient (Wildman–Crippen LogP) is 3.66. The molecular weight excluding hydrogens is 628 g/mol. The number of benzene rings is 2. The Morgan fingerprint density at radius 2 is 1.18 bits per heavy atom. The average Bonchev–Trinajstić information content (AvgIpc) is 3.74. The lowest BCUT2D eigenvalue weighted by molar-refractivity contribution is 0.0934. The van der Waals surface area contributed by atoms with Crippen molar-refractivity contribution in [2.24, 2.45) is 0 Å². The molecule has 2 aliphatic heterocycles. The number of ether oxygens (including phenoxy) is 2. The number of anilines is 6. The fourth-order valence-corrected chi connectivity index (χ4v) is 5.34. The molecule has 16 heteroatoms. The molecule has 2 aromatic carbocycles. The molecular formula is C33H34N12O4. The molecule has 8 bridgehead atoms.